The fraction of sp³-hybridized carbons (Fsp3) is 0.405. The van der Waals surface area contributed by atoms with Crippen molar-refractivity contribution in [2.24, 2.45) is 16.7 Å². The highest BCUT2D eigenvalue weighted by Crippen LogP contribution is 2.48. The quantitative estimate of drug-likeness (QED) is 0.204. The molecule has 1 aliphatic carbocycles. The Hall–Kier alpha value is -4.65. The molecule has 0 aromatic heterocycles. The van der Waals surface area contributed by atoms with Crippen LogP contribution in [0.1, 0.15) is 70.4 Å². The van der Waals surface area contributed by atoms with E-state index in [2.05, 4.69) is 49.6 Å². The van der Waals surface area contributed by atoms with Crippen molar-refractivity contribution in [1.29, 1.82) is 0 Å². The minimum Gasteiger partial charge on any atom is -0.497 e. The molecule has 3 aromatic rings. The number of allylic oxidation sites excluding steroid dienone is 2. The first-order valence-electron chi connectivity index (χ1n) is 17.4. The van der Waals surface area contributed by atoms with Crippen molar-refractivity contribution in [3.8, 4) is 11.5 Å². The van der Waals surface area contributed by atoms with E-state index in [1.807, 2.05) is 73.1 Å². The van der Waals surface area contributed by atoms with Crippen LogP contribution >= 0.6 is 0 Å². The molecule has 256 valence electrons. The Morgan fingerprint density at radius 1 is 0.816 bits per heavy atom. The average Bonchev–Trinajstić information content (AvgIpc) is 3.53. The van der Waals surface area contributed by atoms with Gasteiger partial charge in [0.2, 0.25) is 0 Å². The van der Waals surface area contributed by atoms with Gasteiger partial charge in [-0.15, -0.1) is 0 Å². The Balaban J connectivity index is 1.30. The van der Waals surface area contributed by atoms with Crippen LogP contribution in [-0.4, -0.2) is 44.7 Å². The minimum absolute atomic E-state index is 0.0471. The Labute approximate surface area is 290 Å². The Bertz CT molecular complexity index is 1780. The van der Waals surface area contributed by atoms with Gasteiger partial charge in [0.05, 0.1) is 20.1 Å². The van der Waals surface area contributed by atoms with E-state index < -0.39 is 11.3 Å². The Kier molecular flexibility index (Phi) is 9.56. The molecule has 0 bridgehead atoms. The maximum atomic E-state index is 14.1. The number of carbonyl (C=O) groups excluding carboxylic acids is 3. The molecule has 49 heavy (non-hydrogen) atoms. The zero-order chi connectivity index (χ0) is 34.9. The zero-order valence-electron chi connectivity index (χ0n) is 29.6. The summed E-state index contributed by atoms with van der Waals surface area (Å²) in [5.74, 6) is 1.01. The van der Waals surface area contributed by atoms with Gasteiger partial charge < -0.3 is 19.3 Å². The first kappa shape index (κ1) is 34.2. The molecule has 0 radical (unpaired) electrons. The van der Waals surface area contributed by atoms with E-state index in [1.54, 1.807) is 14.2 Å². The summed E-state index contributed by atoms with van der Waals surface area (Å²) in [7, 11) is 3.30. The molecular formula is C42H48N2O5. The number of nitrogens with zero attached hydrogens (tertiary/aromatic N) is 2. The normalized spacial score (nSPS) is 21.6. The van der Waals surface area contributed by atoms with E-state index in [0.717, 1.165) is 59.0 Å². The first-order chi connectivity index (χ1) is 23.4. The zero-order valence-corrected chi connectivity index (χ0v) is 29.6. The monoisotopic (exact) mass is 660 g/mol. The van der Waals surface area contributed by atoms with Gasteiger partial charge in [-0.1, -0.05) is 52.0 Å². The highest BCUT2D eigenvalue weighted by molar-refractivity contribution is 6.12. The smallest absolute Gasteiger partial charge is 0.171 e. The van der Waals surface area contributed by atoms with Crippen molar-refractivity contribution < 1.29 is 23.9 Å². The summed E-state index contributed by atoms with van der Waals surface area (Å²) in [5, 5.41) is 0. The standard InChI is InChI=1S/C42H48N2O5/c1-41(2)21-22-43(30-13-17-32(48-5)18-14-30)26-36(41)39(46)24-28-9-7-10-29(23-28)35-25-44(31-15-19-33(49-6)20-16-31)27-37(42(35,3)4)40(47)34-11-8-12-38(34)45/h7,9-10,13-20,23,26-27,34-35H,8,11-12,21-22,24-25H2,1-6H3. The number of rotatable bonds is 10. The van der Waals surface area contributed by atoms with Crippen LogP contribution in [0.3, 0.4) is 0 Å². The third-order valence-electron chi connectivity index (χ3n) is 10.9. The molecule has 0 N–H and O–H groups in total. The lowest BCUT2D eigenvalue weighted by Crippen LogP contribution is -2.43. The van der Waals surface area contributed by atoms with Gasteiger partial charge in [0.25, 0.3) is 0 Å². The summed E-state index contributed by atoms with van der Waals surface area (Å²) in [6.45, 7) is 10.0. The topological polar surface area (TPSA) is 76.2 Å². The van der Waals surface area contributed by atoms with E-state index in [-0.39, 0.29) is 35.1 Å². The number of benzene rings is 3. The number of anilines is 2. The number of Topliss-reactive ketones (excluding diaryl/α,β-unsaturated/α-hetero) is 3. The van der Waals surface area contributed by atoms with Gasteiger partial charge in [0.15, 0.2) is 11.6 Å². The van der Waals surface area contributed by atoms with E-state index in [1.165, 1.54) is 0 Å². The number of methoxy groups -OCH3 is 2. The lowest BCUT2D eigenvalue weighted by Gasteiger charge is -2.44. The van der Waals surface area contributed by atoms with Crippen LogP contribution < -0.4 is 19.3 Å². The molecule has 2 atom stereocenters. The lowest BCUT2D eigenvalue weighted by atomic mass is 9.65. The molecule has 0 saturated heterocycles. The maximum Gasteiger partial charge on any atom is 0.171 e. The first-order valence-corrected chi connectivity index (χ1v) is 17.4. The summed E-state index contributed by atoms with van der Waals surface area (Å²) in [6.07, 6.45) is 6.98. The molecule has 1 fully saturated rings. The van der Waals surface area contributed by atoms with Crippen molar-refractivity contribution in [2.75, 3.05) is 37.1 Å². The molecule has 2 heterocycles. The molecule has 2 aliphatic heterocycles. The van der Waals surface area contributed by atoms with Gasteiger partial charge in [-0.3, -0.25) is 14.4 Å². The van der Waals surface area contributed by atoms with Crippen LogP contribution in [0, 0.1) is 16.7 Å². The van der Waals surface area contributed by atoms with E-state index in [9.17, 15) is 14.4 Å². The minimum atomic E-state index is -0.574. The second-order valence-electron chi connectivity index (χ2n) is 14.9. The number of hydrogen-bond acceptors (Lipinski definition) is 7. The molecule has 7 heteroatoms. The molecule has 1 saturated carbocycles. The third-order valence-corrected chi connectivity index (χ3v) is 10.9. The van der Waals surface area contributed by atoms with Gasteiger partial charge in [-0.25, -0.2) is 0 Å². The molecule has 7 nitrogen and oxygen atoms in total. The molecule has 6 rings (SSSR count). The Morgan fingerprint density at radius 3 is 2.02 bits per heavy atom. The Morgan fingerprint density at radius 2 is 1.43 bits per heavy atom. The van der Waals surface area contributed by atoms with Crippen LogP contribution in [0.15, 0.2) is 96.3 Å². The fourth-order valence-electron chi connectivity index (χ4n) is 7.68. The lowest BCUT2D eigenvalue weighted by molar-refractivity contribution is -0.129. The summed E-state index contributed by atoms with van der Waals surface area (Å²) in [5.41, 5.74) is 4.70. The average molecular weight is 661 g/mol. The van der Waals surface area contributed by atoms with Gasteiger partial charge in [-0.05, 0) is 84.3 Å². The molecule has 3 aromatic carbocycles. The van der Waals surface area contributed by atoms with E-state index in [0.29, 0.717) is 25.0 Å². The van der Waals surface area contributed by atoms with Crippen LogP contribution in [0.2, 0.25) is 0 Å². The van der Waals surface area contributed by atoms with Crippen molar-refractivity contribution in [3.63, 3.8) is 0 Å². The van der Waals surface area contributed by atoms with Crippen LogP contribution in [0.5, 0.6) is 11.5 Å². The predicted molar refractivity (Wildman–Crippen MR) is 194 cm³/mol. The summed E-state index contributed by atoms with van der Waals surface area (Å²) in [4.78, 5) is 45.2. The van der Waals surface area contributed by atoms with Crippen molar-refractivity contribution in [1.82, 2.24) is 0 Å². The van der Waals surface area contributed by atoms with Gasteiger partial charge >= 0.3 is 0 Å². The van der Waals surface area contributed by atoms with Crippen LogP contribution in [0.25, 0.3) is 0 Å². The van der Waals surface area contributed by atoms with Crippen molar-refractivity contribution in [2.45, 2.75) is 65.7 Å². The highest BCUT2D eigenvalue weighted by atomic mass is 16.5. The van der Waals surface area contributed by atoms with Gasteiger partial charge in [0.1, 0.15) is 17.3 Å². The van der Waals surface area contributed by atoms with Gasteiger partial charge in [-0.2, -0.15) is 0 Å². The summed E-state index contributed by atoms with van der Waals surface area (Å²) >= 11 is 0. The van der Waals surface area contributed by atoms with Crippen molar-refractivity contribution >= 4 is 28.7 Å². The number of ether oxygens (including phenoxy) is 2. The maximum absolute atomic E-state index is 14.1. The number of ketones is 3. The summed E-state index contributed by atoms with van der Waals surface area (Å²) in [6, 6.07) is 24.1. The second kappa shape index (κ2) is 13.7. The third kappa shape index (κ3) is 6.94. The molecule has 3 aliphatic rings. The predicted octanol–water partition coefficient (Wildman–Crippen LogP) is 8.09. The molecular weight excluding hydrogens is 612 g/mol. The fourth-order valence-corrected chi connectivity index (χ4v) is 7.68. The summed E-state index contributed by atoms with van der Waals surface area (Å²) < 4.78 is 10.7. The highest BCUT2D eigenvalue weighted by Gasteiger charge is 2.45. The molecule has 2 unspecified atom stereocenters. The molecule has 0 amide bonds. The van der Waals surface area contributed by atoms with Crippen LogP contribution in [0.4, 0.5) is 11.4 Å². The number of hydrogen-bond donors (Lipinski definition) is 0. The number of carbonyl (C=O) groups is 3. The van der Waals surface area contributed by atoms with E-state index >= 15 is 0 Å². The second-order valence-corrected chi connectivity index (χ2v) is 14.9. The van der Waals surface area contributed by atoms with E-state index in [4.69, 9.17) is 9.47 Å². The van der Waals surface area contributed by atoms with Gasteiger partial charge in [0, 0.05) is 72.2 Å². The molecule has 0 spiro atoms. The van der Waals surface area contributed by atoms with Crippen LogP contribution in [-0.2, 0) is 20.8 Å². The largest absolute Gasteiger partial charge is 0.497 e. The SMILES string of the molecule is COc1ccc(N2C=C(C(=O)Cc3cccc(C4CN(c5ccc(OC)cc5)C=C(C(=O)C5CCCC5=O)C4(C)C)c3)C(C)(C)CC2)cc1. The van der Waals surface area contributed by atoms with Crippen molar-refractivity contribution in [3.05, 3.63) is 107 Å².